The minimum absolute atomic E-state index is 0.00815. The van der Waals surface area contributed by atoms with Gasteiger partial charge in [-0.05, 0) is 12.8 Å². The molecule has 3 aliphatic rings. The maximum atomic E-state index is 12.9. The van der Waals surface area contributed by atoms with Gasteiger partial charge in [0.1, 0.15) is 18.0 Å². The van der Waals surface area contributed by atoms with E-state index < -0.39 is 11.7 Å². The average Bonchev–Trinajstić information content (AvgIpc) is 3.34. The van der Waals surface area contributed by atoms with Crippen LogP contribution < -0.4 is 0 Å². The van der Waals surface area contributed by atoms with Crippen molar-refractivity contribution in [1.82, 2.24) is 19.4 Å². The number of amides is 2. The maximum absolute atomic E-state index is 12.9. The first kappa shape index (κ1) is 17.5. The summed E-state index contributed by atoms with van der Waals surface area (Å²) in [5.41, 5.74) is -0.592. The van der Waals surface area contributed by atoms with Crippen molar-refractivity contribution < 1.29 is 19.1 Å². The van der Waals surface area contributed by atoms with E-state index in [0.29, 0.717) is 32.5 Å². The van der Waals surface area contributed by atoms with Gasteiger partial charge in [0.25, 0.3) is 5.91 Å². The van der Waals surface area contributed by atoms with Crippen LogP contribution in [0, 0.1) is 0 Å². The Bertz CT molecular complexity index is 674. The Morgan fingerprint density at radius 1 is 1.23 bits per heavy atom. The van der Waals surface area contributed by atoms with Gasteiger partial charge in [-0.3, -0.25) is 9.59 Å². The largest absolute Gasteiger partial charge is 0.375 e. The third kappa shape index (κ3) is 3.01. The Morgan fingerprint density at radius 3 is 2.65 bits per heavy atom. The van der Waals surface area contributed by atoms with Gasteiger partial charge in [0.2, 0.25) is 5.91 Å². The monoisotopic (exact) mass is 362 g/mol. The molecule has 8 nitrogen and oxygen atoms in total. The summed E-state index contributed by atoms with van der Waals surface area (Å²) in [5, 5.41) is 0. The first-order chi connectivity index (χ1) is 12.6. The van der Waals surface area contributed by atoms with Gasteiger partial charge in [-0.2, -0.15) is 0 Å². The lowest BCUT2D eigenvalue weighted by molar-refractivity contribution is -0.182. The van der Waals surface area contributed by atoms with Crippen molar-refractivity contribution in [1.29, 1.82) is 0 Å². The van der Waals surface area contributed by atoms with Crippen molar-refractivity contribution in [2.24, 2.45) is 0 Å². The van der Waals surface area contributed by atoms with E-state index in [-0.39, 0.29) is 18.4 Å². The van der Waals surface area contributed by atoms with Gasteiger partial charge in [0.15, 0.2) is 6.10 Å². The van der Waals surface area contributed by atoms with Gasteiger partial charge < -0.3 is 23.8 Å². The molecule has 0 aliphatic carbocycles. The summed E-state index contributed by atoms with van der Waals surface area (Å²) in [6.45, 7) is 3.42. The van der Waals surface area contributed by atoms with Crippen molar-refractivity contribution in [2.45, 2.75) is 43.9 Å². The maximum Gasteiger partial charge on any atom is 0.253 e. The number of imidazole rings is 1. The molecule has 4 rings (SSSR count). The summed E-state index contributed by atoms with van der Waals surface area (Å²) in [6.07, 6.45) is 6.63. The summed E-state index contributed by atoms with van der Waals surface area (Å²) in [6, 6.07) is 0. The number of rotatable bonds is 3. The molecule has 1 spiro atoms. The Kier molecular flexibility index (Phi) is 4.71. The molecule has 2 saturated heterocycles. The first-order valence-electron chi connectivity index (χ1n) is 9.38. The second-order valence-corrected chi connectivity index (χ2v) is 7.35. The lowest BCUT2D eigenvalue weighted by Gasteiger charge is -2.46. The Hall–Kier alpha value is -1.93. The molecule has 3 aliphatic heterocycles. The Labute approximate surface area is 153 Å². The highest BCUT2D eigenvalue weighted by Gasteiger charge is 2.48. The SMILES string of the molecule is COCC(=O)N1CCC2(CC1)OC(C(=O)N1CCCC1)Cn1ccnc12. The smallest absolute Gasteiger partial charge is 0.253 e. The van der Waals surface area contributed by atoms with Crippen LogP contribution in [0.2, 0.25) is 0 Å². The second kappa shape index (κ2) is 7.00. The summed E-state index contributed by atoms with van der Waals surface area (Å²) >= 11 is 0. The molecule has 1 aromatic heterocycles. The number of carbonyl (C=O) groups is 2. The number of hydrogen-bond acceptors (Lipinski definition) is 5. The molecule has 1 aromatic rings. The van der Waals surface area contributed by atoms with Crippen LogP contribution in [0.25, 0.3) is 0 Å². The number of carbonyl (C=O) groups excluding carboxylic acids is 2. The summed E-state index contributed by atoms with van der Waals surface area (Å²) in [4.78, 5) is 33.2. The number of likely N-dealkylation sites (tertiary alicyclic amines) is 2. The fraction of sp³-hybridized carbons (Fsp3) is 0.722. The van der Waals surface area contributed by atoms with Crippen LogP contribution in [0.5, 0.6) is 0 Å². The zero-order valence-electron chi connectivity index (χ0n) is 15.2. The Balaban J connectivity index is 1.52. The topological polar surface area (TPSA) is 76.9 Å². The summed E-state index contributed by atoms with van der Waals surface area (Å²) in [7, 11) is 1.53. The fourth-order valence-corrected chi connectivity index (χ4v) is 4.34. The molecule has 0 radical (unpaired) electrons. The van der Waals surface area contributed by atoms with E-state index in [2.05, 4.69) is 9.55 Å². The minimum atomic E-state index is -0.592. The number of piperidine rings is 1. The van der Waals surface area contributed by atoms with Crippen molar-refractivity contribution in [3.8, 4) is 0 Å². The van der Waals surface area contributed by atoms with Crippen molar-refractivity contribution >= 4 is 11.8 Å². The van der Waals surface area contributed by atoms with Crippen LogP contribution in [-0.2, 0) is 31.2 Å². The molecule has 2 fully saturated rings. The number of nitrogens with zero attached hydrogens (tertiary/aromatic N) is 4. The lowest BCUT2D eigenvalue weighted by Crippen LogP contribution is -2.55. The zero-order chi connectivity index (χ0) is 18.1. The van der Waals surface area contributed by atoms with Gasteiger partial charge in [-0.15, -0.1) is 0 Å². The molecule has 26 heavy (non-hydrogen) atoms. The van der Waals surface area contributed by atoms with E-state index in [1.807, 2.05) is 11.1 Å². The van der Waals surface area contributed by atoms with Gasteiger partial charge in [-0.1, -0.05) is 0 Å². The van der Waals surface area contributed by atoms with E-state index in [0.717, 1.165) is 31.8 Å². The molecule has 1 unspecified atom stereocenters. The van der Waals surface area contributed by atoms with E-state index in [1.165, 1.54) is 7.11 Å². The van der Waals surface area contributed by atoms with Crippen LogP contribution >= 0.6 is 0 Å². The highest BCUT2D eigenvalue weighted by Crippen LogP contribution is 2.40. The highest BCUT2D eigenvalue weighted by atomic mass is 16.5. The molecular formula is C18H26N4O4. The Morgan fingerprint density at radius 2 is 1.96 bits per heavy atom. The van der Waals surface area contributed by atoms with Gasteiger partial charge in [0, 0.05) is 58.5 Å². The molecular weight excluding hydrogens is 336 g/mol. The van der Waals surface area contributed by atoms with Gasteiger partial charge in [-0.25, -0.2) is 4.98 Å². The molecule has 2 amide bonds. The summed E-state index contributed by atoms with van der Waals surface area (Å²) < 4.78 is 13.4. The van der Waals surface area contributed by atoms with Crippen LogP contribution in [0.1, 0.15) is 31.5 Å². The summed E-state index contributed by atoms with van der Waals surface area (Å²) in [5.74, 6) is 0.951. The third-order valence-corrected chi connectivity index (χ3v) is 5.74. The standard InChI is InChI=1S/C18H26N4O4/c1-25-13-15(23)20-9-4-18(5-10-20)17-19-6-11-22(17)12-14(26-18)16(24)21-7-2-3-8-21/h6,11,14H,2-5,7-10,12-13H2,1H3. The van der Waals surface area contributed by atoms with Crippen LogP contribution in [-0.4, -0.2) is 77.2 Å². The van der Waals surface area contributed by atoms with Crippen LogP contribution in [0.3, 0.4) is 0 Å². The van der Waals surface area contributed by atoms with Gasteiger partial charge in [0.05, 0.1) is 6.54 Å². The molecule has 4 heterocycles. The highest BCUT2D eigenvalue weighted by molar-refractivity contribution is 5.81. The first-order valence-corrected chi connectivity index (χ1v) is 9.38. The van der Waals surface area contributed by atoms with E-state index in [4.69, 9.17) is 9.47 Å². The molecule has 1 atom stereocenters. The zero-order valence-corrected chi connectivity index (χ0v) is 15.2. The van der Waals surface area contributed by atoms with Crippen molar-refractivity contribution in [3.63, 3.8) is 0 Å². The number of aromatic nitrogens is 2. The predicted octanol–water partition coefficient (Wildman–Crippen LogP) is 0.368. The molecule has 0 N–H and O–H groups in total. The number of methoxy groups -OCH3 is 1. The van der Waals surface area contributed by atoms with E-state index in [1.54, 1.807) is 11.1 Å². The van der Waals surface area contributed by atoms with Crippen LogP contribution in [0.15, 0.2) is 12.4 Å². The minimum Gasteiger partial charge on any atom is -0.375 e. The predicted molar refractivity (Wildman–Crippen MR) is 92.3 cm³/mol. The third-order valence-electron chi connectivity index (χ3n) is 5.74. The number of ether oxygens (including phenoxy) is 2. The van der Waals surface area contributed by atoms with E-state index in [9.17, 15) is 9.59 Å². The van der Waals surface area contributed by atoms with Crippen LogP contribution in [0.4, 0.5) is 0 Å². The second-order valence-electron chi connectivity index (χ2n) is 7.35. The average molecular weight is 362 g/mol. The molecule has 0 saturated carbocycles. The molecule has 8 heteroatoms. The van der Waals surface area contributed by atoms with Gasteiger partial charge >= 0.3 is 0 Å². The lowest BCUT2D eigenvalue weighted by atomic mass is 9.88. The number of fused-ring (bicyclic) bond motifs is 2. The van der Waals surface area contributed by atoms with Crippen molar-refractivity contribution in [3.05, 3.63) is 18.2 Å². The van der Waals surface area contributed by atoms with Crippen molar-refractivity contribution in [2.75, 3.05) is 39.9 Å². The normalized spacial score (nSPS) is 24.7. The number of hydrogen-bond donors (Lipinski definition) is 0. The molecule has 0 bridgehead atoms. The quantitative estimate of drug-likeness (QED) is 0.776. The molecule has 142 valence electrons. The molecule has 0 aromatic carbocycles. The van der Waals surface area contributed by atoms with E-state index >= 15 is 0 Å². The fourth-order valence-electron chi connectivity index (χ4n) is 4.34.